The lowest BCUT2D eigenvalue weighted by Gasteiger charge is -2.23. The van der Waals surface area contributed by atoms with Crippen LogP contribution in [-0.2, 0) is 0 Å². The third-order valence-electron chi connectivity index (χ3n) is 2.85. The topological polar surface area (TPSA) is 0 Å². The summed E-state index contributed by atoms with van der Waals surface area (Å²) in [5, 5.41) is 0. The molecule has 0 nitrogen and oxygen atoms in total. The Bertz CT molecular complexity index is 133. The molecule has 0 rings (SSSR count). The van der Waals surface area contributed by atoms with E-state index in [9.17, 15) is 0 Å². The molecular weight excluding hydrogens is 156 g/mol. The molecule has 0 aromatic rings. The van der Waals surface area contributed by atoms with Crippen molar-refractivity contribution in [2.75, 3.05) is 0 Å². The number of allylic oxidation sites excluding steroid dienone is 2. The zero-order chi connectivity index (χ0) is 10.3. The molecular formula is C13H26. The molecule has 0 aliphatic carbocycles. The lowest BCUT2D eigenvalue weighted by Crippen LogP contribution is -2.12. The van der Waals surface area contributed by atoms with Crippen LogP contribution in [0.25, 0.3) is 0 Å². The lowest BCUT2D eigenvalue weighted by atomic mass is 9.83. The summed E-state index contributed by atoms with van der Waals surface area (Å²) in [5.74, 6) is 2.61. The molecule has 0 spiro atoms. The standard InChI is InChI=1S/C13H26/c1-6-8-9-13(7-2)12(5)10-11(3)4/h6,8,11-13H,7,9-10H2,1-5H3. The maximum Gasteiger partial charge on any atom is -0.0320 e. The zero-order valence-corrected chi connectivity index (χ0v) is 10.0. The molecule has 0 aliphatic rings. The van der Waals surface area contributed by atoms with Gasteiger partial charge in [-0.1, -0.05) is 46.3 Å². The van der Waals surface area contributed by atoms with Gasteiger partial charge in [-0.2, -0.15) is 0 Å². The van der Waals surface area contributed by atoms with E-state index in [4.69, 9.17) is 0 Å². The molecule has 0 amide bonds. The van der Waals surface area contributed by atoms with Crippen molar-refractivity contribution in [2.24, 2.45) is 17.8 Å². The molecule has 0 bridgehead atoms. The Morgan fingerprint density at radius 1 is 1.15 bits per heavy atom. The Hall–Kier alpha value is -0.260. The molecule has 0 aromatic carbocycles. The quantitative estimate of drug-likeness (QED) is 0.524. The second kappa shape index (κ2) is 7.17. The maximum absolute atomic E-state index is 2.40. The van der Waals surface area contributed by atoms with E-state index >= 15 is 0 Å². The van der Waals surface area contributed by atoms with E-state index < -0.39 is 0 Å². The first-order chi connectivity index (χ1) is 6.11. The largest absolute Gasteiger partial charge is 0.0917 e. The predicted octanol–water partition coefficient (Wildman–Crippen LogP) is 4.66. The predicted molar refractivity (Wildman–Crippen MR) is 61.8 cm³/mol. The van der Waals surface area contributed by atoms with Crippen molar-refractivity contribution in [3.05, 3.63) is 12.2 Å². The van der Waals surface area contributed by atoms with E-state index in [1.54, 1.807) is 0 Å². The summed E-state index contributed by atoms with van der Waals surface area (Å²) in [5.41, 5.74) is 0. The Balaban J connectivity index is 3.91. The van der Waals surface area contributed by atoms with Gasteiger partial charge in [-0.05, 0) is 37.5 Å². The van der Waals surface area contributed by atoms with E-state index in [0.717, 1.165) is 17.8 Å². The van der Waals surface area contributed by atoms with Crippen LogP contribution in [0.15, 0.2) is 12.2 Å². The van der Waals surface area contributed by atoms with E-state index in [2.05, 4.69) is 46.8 Å². The normalized spacial score (nSPS) is 16.8. The van der Waals surface area contributed by atoms with Gasteiger partial charge in [-0.3, -0.25) is 0 Å². The van der Waals surface area contributed by atoms with Gasteiger partial charge in [0, 0.05) is 0 Å². The third-order valence-corrected chi connectivity index (χ3v) is 2.85. The minimum Gasteiger partial charge on any atom is -0.0917 e. The van der Waals surface area contributed by atoms with Crippen molar-refractivity contribution in [3.8, 4) is 0 Å². The molecule has 0 aliphatic heterocycles. The van der Waals surface area contributed by atoms with E-state index in [1.807, 2.05) is 0 Å². The second-order valence-electron chi connectivity index (χ2n) is 4.58. The van der Waals surface area contributed by atoms with Crippen LogP contribution >= 0.6 is 0 Å². The van der Waals surface area contributed by atoms with Crippen molar-refractivity contribution in [1.29, 1.82) is 0 Å². The van der Waals surface area contributed by atoms with Crippen LogP contribution in [0.3, 0.4) is 0 Å². The average Bonchev–Trinajstić information content (AvgIpc) is 2.04. The molecule has 0 saturated heterocycles. The number of hydrogen-bond donors (Lipinski definition) is 0. The molecule has 2 atom stereocenters. The van der Waals surface area contributed by atoms with Crippen molar-refractivity contribution < 1.29 is 0 Å². The highest BCUT2D eigenvalue weighted by atomic mass is 14.2. The fourth-order valence-corrected chi connectivity index (χ4v) is 2.05. The SMILES string of the molecule is CC=CCC(CC)C(C)CC(C)C. The summed E-state index contributed by atoms with van der Waals surface area (Å²) in [6.07, 6.45) is 8.44. The number of rotatable bonds is 6. The van der Waals surface area contributed by atoms with E-state index in [1.165, 1.54) is 19.3 Å². The van der Waals surface area contributed by atoms with Gasteiger partial charge in [-0.15, -0.1) is 0 Å². The number of hydrogen-bond acceptors (Lipinski definition) is 0. The smallest absolute Gasteiger partial charge is 0.0320 e. The minimum atomic E-state index is 0.842. The van der Waals surface area contributed by atoms with Crippen LogP contribution in [0, 0.1) is 17.8 Å². The van der Waals surface area contributed by atoms with Gasteiger partial charge in [0.05, 0.1) is 0 Å². The monoisotopic (exact) mass is 182 g/mol. The molecule has 0 radical (unpaired) electrons. The van der Waals surface area contributed by atoms with E-state index in [0.29, 0.717) is 0 Å². The highest BCUT2D eigenvalue weighted by Crippen LogP contribution is 2.25. The Kier molecular flexibility index (Phi) is 7.03. The Morgan fingerprint density at radius 2 is 1.77 bits per heavy atom. The van der Waals surface area contributed by atoms with Gasteiger partial charge in [0.25, 0.3) is 0 Å². The first-order valence-electron chi connectivity index (χ1n) is 5.72. The van der Waals surface area contributed by atoms with Crippen LogP contribution in [0.1, 0.15) is 53.9 Å². The molecule has 0 N–H and O–H groups in total. The molecule has 0 heteroatoms. The van der Waals surface area contributed by atoms with Gasteiger partial charge in [0.2, 0.25) is 0 Å². The van der Waals surface area contributed by atoms with Gasteiger partial charge < -0.3 is 0 Å². The lowest BCUT2D eigenvalue weighted by molar-refractivity contribution is 0.297. The van der Waals surface area contributed by atoms with Gasteiger partial charge in [-0.25, -0.2) is 0 Å². The molecule has 0 aromatic heterocycles. The minimum absolute atomic E-state index is 0.842. The van der Waals surface area contributed by atoms with E-state index in [-0.39, 0.29) is 0 Å². The summed E-state index contributed by atoms with van der Waals surface area (Å²) < 4.78 is 0. The second-order valence-corrected chi connectivity index (χ2v) is 4.58. The summed E-state index contributed by atoms with van der Waals surface area (Å²) in [4.78, 5) is 0. The fraction of sp³-hybridized carbons (Fsp3) is 0.846. The first-order valence-corrected chi connectivity index (χ1v) is 5.72. The molecule has 78 valence electrons. The van der Waals surface area contributed by atoms with Crippen molar-refractivity contribution >= 4 is 0 Å². The maximum atomic E-state index is 2.40. The van der Waals surface area contributed by atoms with Crippen molar-refractivity contribution in [3.63, 3.8) is 0 Å². The van der Waals surface area contributed by atoms with Crippen LogP contribution in [0.2, 0.25) is 0 Å². The van der Waals surface area contributed by atoms with Crippen molar-refractivity contribution in [1.82, 2.24) is 0 Å². The molecule has 0 saturated carbocycles. The summed E-state index contributed by atoms with van der Waals surface area (Å²) in [6, 6.07) is 0. The summed E-state index contributed by atoms with van der Waals surface area (Å²) >= 11 is 0. The highest BCUT2D eigenvalue weighted by molar-refractivity contribution is 4.82. The Labute approximate surface area is 84.4 Å². The average molecular weight is 182 g/mol. The molecule has 2 unspecified atom stereocenters. The van der Waals surface area contributed by atoms with Gasteiger partial charge in [0.15, 0.2) is 0 Å². The van der Waals surface area contributed by atoms with Crippen molar-refractivity contribution in [2.45, 2.75) is 53.9 Å². The molecule has 0 fully saturated rings. The summed E-state index contributed by atoms with van der Waals surface area (Å²) in [7, 11) is 0. The van der Waals surface area contributed by atoms with Gasteiger partial charge in [0.1, 0.15) is 0 Å². The van der Waals surface area contributed by atoms with Crippen LogP contribution in [0.5, 0.6) is 0 Å². The molecule has 0 heterocycles. The van der Waals surface area contributed by atoms with Crippen LogP contribution < -0.4 is 0 Å². The zero-order valence-electron chi connectivity index (χ0n) is 10.0. The fourth-order valence-electron chi connectivity index (χ4n) is 2.05. The first kappa shape index (κ1) is 12.7. The third kappa shape index (κ3) is 5.90. The van der Waals surface area contributed by atoms with Gasteiger partial charge >= 0.3 is 0 Å². The Morgan fingerprint density at radius 3 is 2.15 bits per heavy atom. The summed E-state index contributed by atoms with van der Waals surface area (Å²) in [6.45, 7) is 11.5. The highest BCUT2D eigenvalue weighted by Gasteiger charge is 2.14. The molecule has 13 heavy (non-hydrogen) atoms. The van der Waals surface area contributed by atoms with Crippen LogP contribution in [-0.4, -0.2) is 0 Å². The van der Waals surface area contributed by atoms with Crippen LogP contribution in [0.4, 0.5) is 0 Å².